The fraction of sp³-hybridized carbons (Fsp3) is 0.435. The second-order valence-electron chi connectivity index (χ2n) is 7.86. The summed E-state index contributed by atoms with van der Waals surface area (Å²) >= 11 is 0. The molecule has 0 radical (unpaired) electrons. The van der Waals surface area contributed by atoms with Crippen LogP contribution in [0.3, 0.4) is 0 Å². The van der Waals surface area contributed by atoms with E-state index in [4.69, 9.17) is 5.11 Å². The summed E-state index contributed by atoms with van der Waals surface area (Å²) in [6.07, 6.45) is 3.52. The summed E-state index contributed by atoms with van der Waals surface area (Å²) in [5, 5.41) is 18.0. The molecule has 2 aliphatic heterocycles. The molecule has 8 nitrogen and oxygen atoms in total. The third-order valence-corrected chi connectivity index (χ3v) is 5.88. The Morgan fingerprint density at radius 3 is 1.97 bits per heavy atom. The minimum Gasteiger partial charge on any atom is -0.395 e. The second-order valence-corrected chi connectivity index (χ2v) is 7.86. The number of hydrogen-bond acceptors (Lipinski definition) is 7. The minimum atomic E-state index is 0.0466. The molecule has 0 atom stereocenters. The molecule has 2 aromatic rings. The molecule has 0 unspecified atom stereocenters. The van der Waals surface area contributed by atoms with Crippen LogP contribution in [0.15, 0.2) is 48.5 Å². The van der Waals surface area contributed by atoms with Crippen molar-refractivity contribution in [1.82, 2.24) is 20.0 Å². The van der Waals surface area contributed by atoms with Gasteiger partial charge in [-0.2, -0.15) is 0 Å². The predicted octanol–water partition coefficient (Wildman–Crippen LogP) is 0.953. The number of nitrogens with zero attached hydrogens (tertiary/aromatic N) is 6. The van der Waals surface area contributed by atoms with Crippen molar-refractivity contribution in [2.75, 3.05) is 75.3 Å². The van der Waals surface area contributed by atoms with Crippen LogP contribution in [0.2, 0.25) is 0 Å². The molecule has 1 amide bonds. The van der Waals surface area contributed by atoms with Crippen LogP contribution in [-0.4, -0.2) is 96.5 Å². The highest BCUT2D eigenvalue weighted by Gasteiger charge is 2.22. The molecule has 0 bridgehead atoms. The van der Waals surface area contributed by atoms with E-state index in [1.54, 1.807) is 6.08 Å². The summed E-state index contributed by atoms with van der Waals surface area (Å²) in [5.41, 5.74) is 1.03. The molecule has 31 heavy (non-hydrogen) atoms. The van der Waals surface area contributed by atoms with Crippen LogP contribution in [0.4, 0.5) is 11.6 Å². The number of hydrogen-bond donors (Lipinski definition) is 1. The predicted molar refractivity (Wildman–Crippen MR) is 122 cm³/mol. The topological polar surface area (TPSA) is 76.0 Å². The van der Waals surface area contributed by atoms with Crippen molar-refractivity contribution in [2.45, 2.75) is 0 Å². The number of benzene rings is 1. The van der Waals surface area contributed by atoms with Crippen LogP contribution in [-0.2, 0) is 4.79 Å². The van der Waals surface area contributed by atoms with E-state index >= 15 is 0 Å². The quantitative estimate of drug-likeness (QED) is 0.695. The molecule has 164 valence electrons. The fourth-order valence-corrected chi connectivity index (χ4v) is 3.99. The summed E-state index contributed by atoms with van der Waals surface area (Å²) in [7, 11) is 0. The molecule has 2 fully saturated rings. The molecule has 0 aliphatic carbocycles. The first-order valence-corrected chi connectivity index (χ1v) is 10.9. The number of carbonyl (C=O) groups is 1. The van der Waals surface area contributed by atoms with Gasteiger partial charge in [0.15, 0.2) is 11.6 Å². The molecular weight excluding hydrogens is 392 g/mol. The summed E-state index contributed by atoms with van der Waals surface area (Å²) in [4.78, 5) is 21.0. The monoisotopic (exact) mass is 422 g/mol. The van der Waals surface area contributed by atoms with E-state index < -0.39 is 0 Å². The summed E-state index contributed by atoms with van der Waals surface area (Å²) in [6.45, 7) is 7.43. The van der Waals surface area contributed by atoms with E-state index in [2.05, 4.69) is 24.9 Å². The average Bonchev–Trinajstić information content (AvgIpc) is 2.84. The van der Waals surface area contributed by atoms with Gasteiger partial charge in [-0.3, -0.25) is 9.69 Å². The van der Waals surface area contributed by atoms with Gasteiger partial charge in [-0.1, -0.05) is 30.3 Å². The van der Waals surface area contributed by atoms with Crippen molar-refractivity contribution in [2.24, 2.45) is 0 Å². The minimum absolute atomic E-state index is 0.0466. The lowest BCUT2D eigenvalue weighted by Gasteiger charge is -2.36. The highest BCUT2D eigenvalue weighted by Crippen LogP contribution is 2.18. The first-order chi connectivity index (χ1) is 15.2. The van der Waals surface area contributed by atoms with Crippen LogP contribution in [0.5, 0.6) is 0 Å². The van der Waals surface area contributed by atoms with E-state index in [0.717, 1.165) is 63.0 Å². The van der Waals surface area contributed by atoms with Gasteiger partial charge in [0.05, 0.1) is 6.61 Å². The normalized spacial score (nSPS) is 18.0. The number of aliphatic hydroxyl groups excluding tert-OH is 1. The molecular formula is C23H30N6O2. The maximum atomic E-state index is 12.5. The number of rotatable bonds is 6. The van der Waals surface area contributed by atoms with Crippen LogP contribution in [0.1, 0.15) is 5.56 Å². The molecule has 0 saturated carbocycles. The third kappa shape index (κ3) is 5.59. The zero-order chi connectivity index (χ0) is 21.5. The number of aromatic nitrogens is 2. The highest BCUT2D eigenvalue weighted by atomic mass is 16.3. The van der Waals surface area contributed by atoms with Gasteiger partial charge in [0, 0.05) is 65.0 Å². The number of piperazine rings is 2. The SMILES string of the molecule is O=C(/C=C/c1ccccc1)N1CCN(c2ccc(N3CCN(CCO)CC3)nn2)CC1. The number of carbonyl (C=O) groups excluding carboxylic acids is 1. The van der Waals surface area contributed by atoms with Crippen LogP contribution >= 0.6 is 0 Å². The number of anilines is 2. The Morgan fingerprint density at radius 2 is 1.42 bits per heavy atom. The van der Waals surface area contributed by atoms with Crippen molar-refractivity contribution in [3.05, 3.63) is 54.1 Å². The maximum absolute atomic E-state index is 12.5. The third-order valence-electron chi connectivity index (χ3n) is 5.88. The Bertz CT molecular complexity index is 857. The van der Waals surface area contributed by atoms with Gasteiger partial charge >= 0.3 is 0 Å². The van der Waals surface area contributed by atoms with Crippen LogP contribution in [0.25, 0.3) is 6.08 Å². The number of amides is 1. The van der Waals surface area contributed by atoms with E-state index in [1.165, 1.54) is 0 Å². The lowest BCUT2D eigenvalue weighted by atomic mass is 10.2. The van der Waals surface area contributed by atoms with Gasteiger partial charge in [-0.15, -0.1) is 10.2 Å². The standard InChI is InChI=1S/C23H30N6O2/c30-19-18-26-10-12-27(13-11-26)21-7-8-22(25-24-21)28-14-16-29(17-15-28)23(31)9-6-20-4-2-1-3-5-20/h1-9,30H,10-19H2/b9-6+. The molecule has 8 heteroatoms. The van der Waals surface area contributed by atoms with E-state index in [-0.39, 0.29) is 12.5 Å². The van der Waals surface area contributed by atoms with Crippen LogP contribution < -0.4 is 9.80 Å². The highest BCUT2D eigenvalue weighted by molar-refractivity contribution is 5.91. The molecule has 2 aliphatic rings. The van der Waals surface area contributed by atoms with E-state index in [1.807, 2.05) is 53.4 Å². The Hall–Kier alpha value is -2.97. The van der Waals surface area contributed by atoms with Gasteiger partial charge in [0.1, 0.15) is 0 Å². The molecule has 0 spiro atoms. The van der Waals surface area contributed by atoms with Crippen molar-refractivity contribution in [3.8, 4) is 0 Å². The smallest absolute Gasteiger partial charge is 0.246 e. The maximum Gasteiger partial charge on any atom is 0.246 e. The zero-order valence-corrected chi connectivity index (χ0v) is 17.8. The summed E-state index contributed by atoms with van der Waals surface area (Å²) in [5.74, 6) is 1.80. The Labute approximate surface area is 183 Å². The molecule has 1 N–H and O–H groups in total. The van der Waals surface area contributed by atoms with Crippen molar-refractivity contribution in [1.29, 1.82) is 0 Å². The Kier molecular flexibility index (Phi) is 7.11. The van der Waals surface area contributed by atoms with Gasteiger partial charge in [0.25, 0.3) is 0 Å². The first-order valence-electron chi connectivity index (χ1n) is 10.9. The van der Waals surface area contributed by atoms with Crippen molar-refractivity contribution < 1.29 is 9.90 Å². The Morgan fingerprint density at radius 1 is 0.839 bits per heavy atom. The molecule has 2 saturated heterocycles. The second kappa shape index (κ2) is 10.4. The van der Waals surface area contributed by atoms with Crippen molar-refractivity contribution in [3.63, 3.8) is 0 Å². The lowest BCUT2D eigenvalue weighted by Crippen LogP contribution is -2.49. The molecule has 1 aromatic carbocycles. The molecule has 1 aromatic heterocycles. The van der Waals surface area contributed by atoms with Gasteiger partial charge in [-0.25, -0.2) is 0 Å². The van der Waals surface area contributed by atoms with E-state index in [9.17, 15) is 4.79 Å². The molecule has 4 rings (SSSR count). The first kappa shape index (κ1) is 21.3. The summed E-state index contributed by atoms with van der Waals surface area (Å²) < 4.78 is 0. The Balaban J connectivity index is 1.26. The van der Waals surface area contributed by atoms with Gasteiger partial charge in [0.2, 0.25) is 5.91 Å². The van der Waals surface area contributed by atoms with E-state index in [0.29, 0.717) is 13.1 Å². The summed E-state index contributed by atoms with van der Waals surface area (Å²) in [6, 6.07) is 13.9. The number of aliphatic hydroxyl groups is 1. The number of β-amino-alcohol motifs (C(OH)–C–C–N with tert-alkyl or cyclic N) is 1. The van der Waals surface area contributed by atoms with Crippen molar-refractivity contribution >= 4 is 23.6 Å². The molecule has 3 heterocycles. The van der Waals surface area contributed by atoms with Crippen LogP contribution in [0, 0.1) is 0 Å². The van der Waals surface area contributed by atoms with Gasteiger partial charge in [-0.05, 0) is 23.8 Å². The zero-order valence-electron chi connectivity index (χ0n) is 17.8. The fourth-order valence-electron chi connectivity index (χ4n) is 3.99. The average molecular weight is 423 g/mol. The lowest BCUT2D eigenvalue weighted by molar-refractivity contribution is -0.126. The largest absolute Gasteiger partial charge is 0.395 e. The van der Waals surface area contributed by atoms with Gasteiger partial charge < -0.3 is 19.8 Å².